The molecule has 0 fully saturated rings. The van der Waals surface area contributed by atoms with Gasteiger partial charge in [0.1, 0.15) is 0 Å². The van der Waals surface area contributed by atoms with Crippen molar-refractivity contribution in [3.05, 3.63) is 41.3 Å². The van der Waals surface area contributed by atoms with Crippen molar-refractivity contribution in [3.8, 4) is 0 Å². The highest BCUT2D eigenvalue weighted by atomic mass is 16.1. The van der Waals surface area contributed by atoms with E-state index in [1.807, 2.05) is 6.92 Å². The summed E-state index contributed by atoms with van der Waals surface area (Å²) in [7, 11) is 0. The molecule has 1 atom stereocenters. The van der Waals surface area contributed by atoms with Crippen LogP contribution in [0.4, 0.5) is 5.95 Å². The molecule has 0 radical (unpaired) electrons. The highest BCUT2D eigenvalue weighted by Gasteiger charge is 2.27. The van der Waals surface area contributed by atoms with Crippen LogP contribution in [0.3, 0.4) is 0 Å². The maximum absolute atomic E-state index is 12.1. The second kappa shape index (κ2) is 5.78. The van der Waals surface area contributed by atoms with Gasteiger partial charge in [0.2, 0.25) is 5.95 Å². The minimum absolute atomic E-state index is 0.107. The molecule has 1 unspecified atom stereocenters. The molecule has 1 aliphatic rings. The number of Topliss-reactive ketones (excluding diaryl/α,β-unsaturated/α-hetero) is 1. The second-order valence-corrected chi connectivity index (χ2v) is 4.72. The first-order chi connectivity index (χ1) is 9.15. The van der Waals surface area contributed by atoms with Crippen LogP contribution < -0.4 is 5.73 Å². The van der Waals surface area contributed by atoms with Crippen LogP contribution in [-0.2, 0) is 6.42 Å². The molecular formula is C15H19N3O. The molecule has 0 amide bonds. The lowest BCUT2D eigenvalue weighted by atomic mass is 9.81. The monoisotopic (exact) mass is 257 g/mol. The standard InChI is InChI=1S/C15H19N3O/c1-3-5-6-10(4-2)11-7-13-12(14(19)8-11)9-17-15(16)18-13/h4-6,9,11H,3,7-8H2,1-2H3,(H2,16,17,18)/b6-5-,10-4+. The number of nitrogen functional groups attached to an aromatic ring is 1. The van der Waals surface area contributed by atoms with Gasteiger partial charge in [-0.3, -0.25) is 4.79 Å². The number of rotatable bonds is 3. The summed E-state index contributed by atoms with van der Waals surface area (Å²) < 4.78 is 0. The van der Waals surface area contributed by atoms with Crippen molar-refractivity contribution in [2.45, 2.75) is 33.1 Å². The van der Waals surface area contributed by atoms with E-state index in [2.05, 4.69) is 35.1 Å². The van der Waals surface area contributed by atoms with Gasteiger partial charge in [-0.15, -0.1) is 0 Å². The largest absolute Gasteiger partial charge is 0.368 e. The number of aromatic nitrogens is 2. The fourth-order valence-electron chi connectivity index (χ4n) is 2.42. The molecule has 1 aliphatic carbocycles. The Morgan fingerprint density at radius 2 is 2.32 bits per heavy atom. The maximum atomic E-state index is 12.1. The molecule has 1 heterocycles. The molecular weight excluding hydrogens is 238 g/mol. The van der Waals surface area contributed by atoms with Crippen molar-refractivity contribution >= 4 is 11.7 Å². The molecule has 0 aromatic carbocycles. The predicted molar refractivity (Wildman–Crippen MR) is 75.8 cm³/mol. The Bertz CT molecular complexity index is 546. The van der Waals surface area contributed by atoms with Gasteiger partial charge in [0.05, 0.1) is 11.3 Å². The Hall–Kier alpha value is -1.97. The number of nitrogens with two attached hydrogens (primary N) is 1. The third-order valence-electron chi connectivity index (χ3n) is 3.41. The van der Waals surface area contributed by atoms with Crippen LogP contribution in [0.5, 0.6) is 0 Å². The van der Waals surface area contributed by atoms with Crippen LogP contribution in [0.25, 0.3) is 0 Å². The Morgan fingerprint density at radius 3 is 3.00 bits per heavy atom. The average Bonchev–Trinajstić information content (AvgIpc) is 2.39. The van der Waals surface area contributed by atoms with E-state index in [9.17, 15) is 4.79 Å². The molecule has 4 nitrogen and oxygen atoms in total. The molecule has 19 heavy (non-hydrogen) atoms. The fourth-order valence-corrected chi connectivity index (χ4v) is 2.42. The van der Waals surface area contributed by atoms with Gasteiger partial charge < -0.3 is 5.73 Å². The lowest BCUT2D eigenvalue weighted by Crippen LogP contribution is -2.23. The fraction of sp³-hybridized carbons (Fsp3) is 0.400. The van der Waals surface area contributed by atoms with Gasteiger partial charge in [0, 0.05) is 12.6 Å². The first-order valence-corrected chi connectivity index (χ1v) is 6.63. The molecule has 1 aromatic heterocycles. The van der Waals surface area contributed by atoms with E-state index in [0.717, 1.165) is 18.5 Å². The second-order valence-electron chi connectivity index (χ2n) is 4.72. The van der Waals surface area contributed by atoms with Crippen LogP contribution in [0.2, 0.25) is 0 Å². The number of carbonyl (C=O) groups is 1. The Balaban J connectivity index is 2.29. The smallest absolute Gasteiger partial charge is 0.220 e. The molecule has 100 valence electrons. The zero-order valence-corrected chi connectivity index (χ0v) is 11.4. The number of allylic oxidation sites excluding steroid dienone is 4. The summed E-state index contributed by atoms with van der Waals surface area (Å²) in [4.78, 5) is 20.2. The topological polar surface area (TPSA) is 68.9 Å². The number of fused-ring (bicyclic) bond motifs is 1. The van der Waals surface area contributed by atoms with Crippen molar-refractivity contribution in [1.29, 1.82) is 0 Å². The summed E-state index contributed by atoms with van der Waals surface area (Å²) in [6.45, 7) is 4.10. The van der Waals surface area contributed by atoms with Crippen molar-refractivity contribution in [3.63, 3.8) is 0 Å². The minimum Gasteiger partial charge on any atom is -0.368 e. The number of anilines is 1. The zero-order valence-electron chi connectivity index (χ0n) is 11.4. The van der Waals surface area contributed by atoms with Crippen molar-refractivity contribution in [1.82, 2.24) is 9.97 Å². The van der Waals surface area contributed by atoms with Crippen molar-refractivity contribution in [2.24, 2.45) is 5.92 Å². The summed E-state index contributed by atoms with van der Waals surface area (Å²) in [5, 5.41) is 0. The van der Waals surface area contributed by atoms with Crippen molar-refractivity contribution in [2.75, 3.05) is 5.73 Å². The lowest BCUT2D eigenvalue weighted by Gasteiger charge is -2.23. The highest BCUT2D eigenvalue weighted by Crippen LogP contribution is 2.29. The Morgan fingerprint density at radius 1 is 1.53 bits per heavy atom. The number of nitrogens with zero attached hydrogens (tertiary/aromatic N) is 2. The van der Waals surface area contributed by atoms with Crippen LogP contribution >= 0.6 is 0 Å². The SMILES string of the molecule is C/C=C(\C=C/CC)C1CC(=O)c2cnc(N)nc2C1. The van der Waals surface area contributed by atoms with Gasteiger partial charge in [-0.2, -0.15) is 0 Å². The number of hydrogen-bond donors (Lipinski definition) is 1. The Labute approximate surface area is 113 Å². The van der Waals surface area contributed by atoms with Gasteiger partial charge in [0.25, 0.3) is 0 Å². The molecule has 0 bridgehead atoms. The molecule has 1 aromatic rings. The molecule has 0 saturated heterocycles. The summed E-state index contributed by atoms with van der Waals surface area (Å²) in [6, 6.07) is 0. The minimum atomic E-state index is 0.107. The van der Waals surface area contributed by atoms with Crippen molar-refractivity contribution < 1.29 is 4.79 Å². The van der Waals surface area contributed by atoms with Gasteiger partial charge in [-0.25, -0.2) is 9.97 Å². The van der Waals surface area contributed by atoms with Gasteiger partial charge in [-0.1, -0.05) is 25.2 Å². The maximum Gasteiger partial charge on any atom is 0.220 e. The average molecular weight is 257 g/mol. The molecule has 0 aliphatic heterocycles. The normalized spacial score (nSPS) is 19.8. The summed E-state index contributed by atoms with van der Waals surface area (Å²) >= 11 is 0. The van der Waals surface area contributed by atoms with Crippen LogP contribution in [-0.4, -0.2) is 15.8 Å². The number of carbonyl (C=O) groups excluding carboxylic acids is 1. The van der Waals surface area contributed by atoms with E-state index in [4.69, 9.17) is 5.73 Å². The third kappa shape index (κ3) is 2.89. The third-order valence-corrected chi connectivity index (χ3v) is 3.41. The predicted octanol–water partition coefficient (Wildman–Crippen LogP) is 2.72. The zero-order chi connectivity index (χ0) is 13.8. The molecule has 2 N–H and O–H groups in total. The van der Waals surface area contributed by atoms with Gasteiger partial charge in [-0.05, 0) is 31.3 Å². The van der Waals surface area contributed by atoms with Crippen LogP contribution in [0, 0.1) is 5.92 Å². The molecule has 2 rings (SSSR count). The number of hydrogen-bond acceptors (Lipinski definition) is 4. The van der Waals surface area contributed by atoms with Crippen LogP contribution in [0.1, 0.15) is 42.7 Å². The first-order valence-electron chi connectivity index (χ1n) is 6.63. The van der Waals surface area contributed by atoms with E-state index >= 15 is 0 Å². The Kier molecular flexibility index (Phi) is 4.10. The van der Waals surface area contributed by atoms with E-state index in [1.54, 1.807) is 6.20 Å². The lowest BCUT2D eigenvalue weighted by molar-refractivity contribution is 0.0955. The summed E-state index contributed by atoms with van der Waals surface area (Å²) in [5.41, 5.74) is 8.19. The van der Waals surface area contributed by atoms with Crippen LogP contribution in [0.15, 0.2) is 30.0 Å². The number of ketones is 1. The quantitative estimate of drug-likeness (QED) is 0.845. The molecule has 4 heteroatoms. The van der Waals surface area contributed by atoms with Gasteiger partial charge >= 0.3 is 0 Å². The summed E-state index contributed by atoms with van der Waals surface area (Å²) in [6.07, 6.45) is 10.1. The van der Waals surface area contributed by atoms with E-state index in [1.165, 1.54) is 5.57 Å². The van der Waals surface area contributed by atoms with Gasteiger partial charge in [0.15, 0.2) is 5.78 Å². The van der Waals surface area contributed by atoms with E-state index in [0.29, 0.717) is 12.0 Å². The van der Waals surface area contributed by atoms with E-state index in [-0.39, 0.29) is 17.6 Å². The summed E-state index contributed by atoms with van der Waals surface area (Å²) in [5.74, 6) is 0.538. The molecule has 0 spiro atoms. The first kappa shape index (κ1) is 13.5. The molecule has 0 saturated carbocycles. The highest BCUT2D eigenvalue weighted by molar-refractivity contribution is 5.98. The van der Waals surface area contributed by atoms with E-state index < -0.39 is 0 Å².